The number of unbranched alkanes of at least 4 members (excludes halogenated alkanes) is 6. The van der Waals surface area contributed by atoms with Gasteiger partial charge in [0, 0.05) is 0 Å². The van der Waals surface area contributed by atoms with Crippen molar-refractivity contribution in [1.29, 1.82) is 0 Å². The lowest BCUT2D eigenvalue weighted by atomic mass is 10.1. The van der Waals surface area contributed by atoms with Crippen molar-refractivity contribution in [3.8, 4) is 0 Å². The van der Waals surface area contributed by atoms with Gasteiger partial charge in [-0.1, -0.05) is 45.4 Å². The van der Waals surface area contributed by atoms with Crippen LogP contribution in [-0.2, 0) is 9.59 Å². The van der Waals surface area contributed by atoms with Crippen molar-refractivity contribution < 1.29 is 9.59 Å². The zero-order chi connectivity index (χ0) is 12.1. The van der Waals surface area contributed by atoms with Gasteiger partial charge >= 0.3 is 0 Å². The molecule has 0 saturated heterocycles. The second-order valence-electron chi connectivity index (χ2n) is 3.83. The molecule has 4 heteroatoms. The van der Waals surface area contributed by atoms with Crippen LogP contribution in [0.4, 0.5) is 0 Å². The molecule has 0 atom stereocenters. The molecule has 0 spiro atoms. The highest BCUT2D eigenvalue weighted by molar-refractivity contribution is 5.36. The molecule has 0 fully saturated rings. The molecule has 0 rings (SSSR count). The summed E-state index contributed by atoms with van der Waals surface area (Å²) in [5.41, 5.74) is 0. The van der Waals surface area contributed by atoms with Crippen molar-refractivity contribution in [2.75, 3.05) is 0 Å². The lowest BCUT2D eigenvalue weighted by Crippen LogP contribution is -1.99. The van der Waals surface area contributed by atoms with Crippen LogP contribution in [0.3, 0.4) is 0 Å². The molecule has 0 heterocycles. The number of aliphatic imine (C=N–C) groups is 2. The summed E-state index contributed by atoms with van der Waals surface area (Å²) in [4.78, 5) is 26.9. The van der Waals surface area contributed by atoms with Crippen LogP contribution in [0.1, 0.15) is 58.3 Å². The standard InChI is InChI=1S/C12H20N2O2/c1-2-3-4-5-6-7-8-9-12(13-10-15)14-11-16/h12H,2-9H2,1H3. The normalized spacial score (nSPS) is 11.3. The van der Waals surface area contributed by atoms with Crippen molar-refractivity contribution in [2.24, 2.45) is 9.98 Å². The molecular weight excluding hydrogens is 204 g/mol. The fourth-order valence-electron chi connectivity index (χ4n) is 1.56. The smallest absolute Gasteiger partial charge is 0.211 e. The van der Waals surface area contributed by atoms with Crippen molar-refractivity contribution in [2.45, 2.75) is 64.5 Å². The summed E-state index contributed by atoms with van der Waals surface area (Å²) in [6, 6.07) is 0. The van der Waals surface area contributed by atoms with E-state index in [-0.39, 0.29) is 0 Å². The van der Waals surface area contributed by atoms with E-state index >= 15 is 0 Å². The first-order valence-corrected chi connectivity index (χ1v) is 5.99. The SMILES string of the molecule is CCCCCCCCCC(N=C=O)N=C=O. The molecular formula is C12H20N2O2. The van der Waals surface area contributed by atoms with Gasteiger partial charge in [0.1, 0.15) is 0 Å². The summed E-state index contributed by atoms with van der Waals surface area (Å²) in [6.45, 7) is 2.19. The van der Waals surface area contributed by atoms with E-state index < -0.39 is 6.17 Å². The Morgan fingerprint density at radius 2 is 1.38 bits per heavy atom. The quantitative estimate of drug-likeness (QED) is 0.325. The number of isocyanates is 2. The van der Waals surface area contributed by atoms with Crippen LogP contribution < -0.4 is 0 Å². The van der Waals surface area contributed by atoms with Crippen molar-refractivity contribution in [3.63, 3.8) is 0 Å². The predicted octanol–water partition coefficient (Wildman–Crippen LogP) is 3.12. The highest BCUT2D eigenvalue weighted by Crippen LogP contribution is 2.11. The van der Waals surface area contributed by atoms with E-state index in [0.717, 1.165) is 12.8 Å². The molecule has 0 amide bonds. The van der Waals surface area contributed by atoms with Crippen LogP contribution in [0.25, 0.3) is 0 Å². The van der Waals surface area contributed by atoms with Crippen LogP contribution in [0.5, 0.6) is 0 Å². The number of nitrogens with zero attached hydrogens (tertiary/aromatic N) is 2. The third-order valence-corrected chi connectivity index (χ3v) is 2.47. The van der Waals surface area contributed by atoms with Gasteiger partial charge in [-0.3, -0.25) is 0 Å². The van der Waals surface area contributed by atoms with Crippen molar-refractivity contribution in [1.82, 2.24) is 0 Å². The Balaban J connectivity index is 3.47. The highest BCUT2D eigenvalue weighted by atomic mass is 16.1. The molecule has 0 radical (unpaired) electrons. The minimum absolute atomic E-state index is 0.564. The average Bonchev–Trinajstić information content (AvgIpc) is 2.28. The van der Waals surface area contributed by atoms with E-state index in [0.29, 0.717) is 6.42 Å². The monoisotopic (exact) mass is 224 g/mol. The summed E-state index contributed by atoms with van der Waals surface area (Å²) < 4.78 is 0. The van der Waals surface area contributed by atoms with Gasteiger partial charge in [0.05, 0.1) is 0 Å². The molecule has 16 heavy (non-hydrogen) atoms. The predicted molar refractivity (Wildman–Crippen MR) is 62.6 cm³/mol. The maximum absolute atomic E-state index is 10.0. The maximum Gasteiger partial charge on any atom is 0.237 e. The first-order chi connectivity index (χ1) is 7.85. The largest absolute Gasteiger partial charge is 0.237 e. The molecule has 4 nitrogen and oxygen atoms in total. The van der Waals surface area contributed by atoms with E-state index in [2.05, 4.69) is 16.9 Å². The van der Waals surface area contributed by atoms with Crippen LogP contribution in [0, 0.1) is 0 Å². The Morgan fingerprint density at radius 3 is 1.88 bits per heavy atom. The van der Waals surface area contributed by atoms with Crippen LogP contribution in [0.2, 0.25) is 0 Å². The zero-order valence-corrected chi connectivity index (χ0v) is 9.95. The minimum atomic E-state index is -0.564. The molecule has 0 aromatic rings. The molecule has 0 unspecified atom stereocenters. The van der Waals surface area contributed by atoms with Crippen LogP contribution in [-0.4, -0.2) is 18.3 Å². The van der Waals surface area contributed by atoms with E-state index in [1.165, 1.54) is 44.3 Å². The van der Waals surface area contributed by atoms with Crippen LogP contribution >= 0.6 is 0 Å². The minimum Gasteiger partial charge on any atom is -0.211 e. The lowest BCUT2D eigenvalue weighted by molar-refractivity contribution is 0.519. The maximum atomic E-state index is 10.0. The number of hydrogen-bond donors (Lipinski definition) is 0. The molecule has 0 aromatic heterocycles. The molecule has 0 saturated carbocycles. The zero-order valence-electron chi connectivity index (χ0n) is 9.95. The summed E-state index contributed by atoms with van der Waals surface area (Å²) >= 11 is 0. The number of rotatable bonds is 10. The van der Waals surface area contributed by atoms with E-state index in [1.54, 1.807) is 0 Å². The Kier molecular flexibility index (Phi) is 10.9. The molecule has 0 N–H and O–H groups in total. The Morgan fingerprint density at radius 1 is 0.875 bits per heavy atom. The molecule has 0 aliphatic rings. The molecule has 0 aliphatic carbocycles. The first-order valence-electron chi connectivity index (χ1n) is 5.99. The Labute approximate surface area is 96.9 Å². The van der Waals surface area contributed by atoms with E-state index in [1.807, 2.05) is 0 Å². The van der Waals surface area contributed by atoms with Crippen molar-refractivity contribution >= 4 is 12.2 Å². The van der Waals surface area contributed by atoms with Gasteiger partial charge in [0.15, 0.2) is 6.17 Å². The Bertz CT molecular complexity index is 236. The third-order valence-electron chi connectivity index (χ3n) is 2.47. The van der Waals surface area contributed by atoms with Crippen molar-refractivity contribution in [3.05, 3.63) is 0 Å². The lowest BCUT2D eigenvalue weighted by Gasteiger charge is -2.03. The third kappa shape index (κ3) is 9.32. The van der Waals surface area contributed by atoms with Gasteiger partial charge in [-0.15, -0.1) is 0 Å². The van der Waals surface area contributed by atoms with Gasteiger partial charge in [0.2, 0.25) is 12.2 Å². The highest BCUT2D eigenvalue weighted by Gasteiger charge is 2.03. The fraction of sp³-hybridized carbons (Fsp3) is 0.833. The van der Waals surface area contributed by atoms with Gasteiger partial charge < -0.3 is 0 Å². The van der Waals surface area contributed by atoms with E-state index in [9.17, 15) is 9.59 Å². The van der Waals surface area contributed by atoms with Crippen LogP contribution in [0.15, 0.2) is 9.98 Å². The van der Waals surface area contributed by atoms with Gasteiger partial charge in [-0.05, 0) is 12.8 Å². The summed E-state index contributed by atoms with van der Waals surface area (Å²) in [5.74, 6) is 0. The molecule has 90 valence electrons. The molecule has 0 aliphatic heterocycles. The second kappa shape index (κ2) is 11.8. The average molecular weight is 224 g/mol. The first kappa shape index (κ1) is 14.8. The van der Waals surface area contributed by atoms with Gasteiger partial charge in [-0.2, -0.15) is 9.98 Å². The summed E-state index contributed by atoms with van der Waals surface area (Å²) in [7, 11) is 0. The number of hydrogen-bond acceptors (Lipinski definition) is 4. The summed E-state index contributed by atoms with van der Waals surface area (Å²) in [6.07, 6.45) is 11.3. The van der Waals surface area contributed by atoms with Gasteiger partial charge in [-0.25, -0.2) is 9.59 Å². The van der Waals surface area contributed by atoms with Gasteiger partial charge in [0.25, 0.3) is 0 Å². The molecule has 0 bridgehead atoms. The topological polar surface area (TPSA) is 58.9 Å². The molecule has 0 aromatic carbocycles. The Hall–Kier alpha value is -1.24. The fourth-order valence-corrected chi connectivity index (χ4v) is 1.56. The summed E-state index contributed by atoms with van der Waals surface area (Å²) in [5, 5.41) is 0. The second-order valence-corrected chi connectivity index (χ2v) is 3.83. The number of carbonyl (C=O) groups excluding carboxylic acids is 2. The van der Waals surface area contributed by atoms with E-state index in [4.69, 9.17) is 0 Å².